The number of fused-ring (bicyclic) bond motifs is 3. The highest BCUT2D eigenvalue weighted by Crippen LogP contribution is 2.60. The predicted octanol–water partition coefficient (Wildman–Crippen LogP) is 2.16. The normalized spacial score (nSPS) is 27.5. The molecule has 5 nitrogen and oxygen atoms in total. The minimum atomic E-state index is -0.978. The van der Waals surface area contributed by atoms with Crippen LogP contribution in [0, 0.1) is 5.92 Å². The van der Waals surface area contributed by atoms with Gasteiger partial charge in [0, 0.05) is 29.1 Å². The van der Waals surface area contributed by atoms with Crippen molar-refractivity contribution in [3.05, 3.63) is 23.3 Å². The van der Waals surface area contributed by atoms with Gasteiger partial charge in [0.1, 0.15) is 11.3 Å². The van der Waals surface area contributed by atoms with E-state index < -0.39 is 13.1 Å². The highest BCUT2D eigenvalue weighted by Gasteiger charge is 2.54. The molecule has 0 aromatic heterocycles. The van der Waals surface area contributed by atoms with Gasteiger partial charge in [0.05, 0.1) is 0 Å². The summed E-state index contributed by atoms with van der Waals surface area (Å²) in [4.78, 5) is 14.8. The van der Waals surface area contributed by atoms with E-state index >= 15 is 0 Å². The Morgan fingerprint density at radius 2 is 2.22 bits per heavy atom. The summed E-state index contributed by atoms with van der Waals surface area (Å²) in [5.74, 6) is 0.373. The lowest BCUT2D eigenvalue weighted by Crippen LogP contribution is -2.47. The molecule has 2 heterocycles. The highest BCUT2D eigenvalue weighted by molar-refractivity contribution is 8.00. The van der Waals surface area contributed by atoms with Crippen LogP contribution < -0.4 is 4.65 Å². The number of benzene rings is 1. The Morgan fingerprint density at radius 1 is 1.48 bits per heavy atom. The second kappa shape index (κ2) is 5.43. The number of rotatable bonds is 4. The zero-order valence-corrected chi connectivity index (χ0v) is 14.0. The third-order valence-electron chi connectivity index (χ3n) is 5.28. The average molecular weight is 333 g/mol. The molecule has 1 saturated heterocycles. The second-order valence-electron chi connectivity index (χ2n) is 6.98. The number of aromatic carboxylic acids is 1. The van der Waals surface area contributed by atoms with Gasteiger partial charge >= 0.3 is 13.1 Å². The molecule has 7 heteroatoms. The first-order valence-corrected chi connectivity index (χ1v) is 8.93. The van der Waals surface area contributed by atoms with E-state index in [0.717, 1.165) is 30.0 Å². The zero-order valence-electron chi connectivity index (χ0n) is 13.2. The number of hydrogen-bond acceptors (Lipinski definition) is 5. The van der Waals surface area contributed by atoms with Crippen molar-refractivity contribution in [1.82, 2.24) is 4.90 Å². The van der Waals surface area contributed by atoms with Crippen molar-refractivity contribution in [2.75, 3.05) is 20.1 Å². The van der Waals surface area contributed by atoms with Crippen LogP contribution >= 0.6 is 11.8 Å². The molecule has 1 aliphatic carbocycles. The maximum atomic E-state index is 11.8. The van der Waals surface area contributed by atoms with Gasteiger partial charge in [-0.15, -0.1) is 11.8 Å². The number of thioether (sulfide) groups is 1. The van der Waals surface area contributed by atoms with Crippen LogP contribution in [0.15, 0.2) is 17.0 Å². The van der Waals surface area contributed by atoms with Gasteiger partial charge in [-0.2, -0.15) is 0 Å². The van der Waals surface area contributed by atoms with E-state index in [1.54, 1.807) is 11.8 Å². The molecule has 4 rings (SSSR count). The quantitative estimate of drug-likeness (QED) is 0.650. The van der Waals surface area contributed by atoms with Crippen LogP contribution in [-0.4, -0.2) is 53.5 Å². The second-order valence-corrected chi connectivity index (χ2v) is 8.40. The molecule has 0 amide bonds. The minimum Gasteiger partial charge on any atom is -0.535 e. The van der Waals surface area contributed by atoms with Crippen LogP contribution in [0.5, 0.6) is 5.75 Å². The number of carbonyl (C=O) groups is 1. The van der Waals surface area contributed by atoms with Gasteiger partial charge in [0.2, 0.25) is 0 Å². The number of hydrogen-bond donors (Lipinski definition) is 2. The van der Waals surface area contributed by atoms with Crippen LogP contribution in [0.3, 0.4) is 0 Å². The first kappa shape index (κ1) is 15.4. The van der Waals surface area contributed by atoms with Gasteiger partial charge in [-0.3, -0.25) is 0 Å². The number of carboxylic acids is 1. The molecule has 2 aliphatic heterocycles. The van der Waals surface area contributed by atoms with Crippen LogP contribution in [0.2, 0.25) is 5.82 Å². The van der Waals surface area contributed by atoms with E-state index in [2.05, 4.69) is 18.9 Å². The van der Waals surface area contributed by atoms with Crippen molar-refractivity contribution < 1.29 is 19.6 Å². The van der Waals surface area contributed by atoms with Crippen molar-refractivity contribution in [2.24, 2.45) is 5.92 Å². The third-order valence-corrected chi connectivity index (χ3v) is 6.63. The lowest BCUT2D eigenvalue weighted by atomic mass is 9.77. The molecule has 0 unspecified atom stereocenters. The summed E-state index contributed by atoms with van der Waals surface area (Å²) in [6.07, 6.45) is 0.879. The minimum absolute atomic E-state index is 0.132. The van der Waals surface area contributed by atoms with Gasteiger partial charge < -0.3 is 19.7 Å². The highest BCUT2D eigenvalue weighted by atomic mass is 32.2. The van der Waals surface area contributed by atoms with E-state index in [-0.39, 0.29) is 17.3 Å². The van der Waals surface area contributed by atoms with Crippen molar-refractivity contribution in [3.8, 4) is 5.75 Å². The summed E-state index contributed by atoms with van der Waals surface area (Å²) in [6.45, 7) is 4.26. The predicted molar refractivity (Wildman–Crippen MR) is 89.4 cm³/mol. The third kappa shape index (κ3) is 2.55. The fraction of sp³-hybridized carbons (Fsp3) is 0.562. The lowest BCUT2D eigenvalue weighted by molar-refractivity contribution is 0.0690. The van der Waals surface area contributed by atoms with Crippen LogP contribution in [0.1, 0.15) is 35.2 Å². The van der Waals surface area contributed by atoms with Gasteiger partial charge in [-0.1, -0.05) is 13.0 Å². The molecular formula is C16H20BNO4S. The molecule has 23 heavy (non-hydrogen) atoms. The fourth-order valence-corrected chi connectivity index (χ4v) is 4.95. The Balaban J connectivity index is 1.65. The van der Waals surface area contributed by atoms with Crippen LogP contribution in [0.25, 0.3) is 0 Å². The molecule has 0 spiro atoms. The van der Waals surface area contributed by atoms with Crippen LogP contribution in [0.4, 0.5) is 0 Å². The lowest BCUT2D eigenvalue weighted by Gasteiger charge is -2.39. The van der Waals surface area contributed by atoms with Gasteiger partial charge in [-0.05, 0) is 36.9 Å². The average Bonchev–Trinajstić information content (AvgIpc) is 3.24. The monoisotopic (exact) mass is 333 g/mol. The number of carboxylic acid groups (broad SMARTS) is 1. The Kier molecular flexibility index (Phi) is 3.63. The smallest absolute Gasteiger partial charge is 0.526 e. The molecular weight excluding hydrogens is 313 g/mol. The molecule has 0 radical (unpaired) electrons. The topological polar surface area (TPSA) is 70.0 Å². The molecule has 0 bridgehead atoms. The maximum absolute atomic E-state index is 11.8. The standard InChI is InChI=1S/C16H20BNO4S/c1-8(9-6-18(2)7-9)23-13-4-3-10-11-5-12(11)17(21)22-15(10)14(13)16(19)20/h3-4,8-9,11-12,21H,5-7H2,1-2H3,(H,19,20)/t8-,11+,12+/m0/s1. The van der Waals surface area contributed by atoms with Crippen LogP contribution in [-0.2, 0) is 0 Å². The fourth-order valence-electron chi connectivity index (χ4n) is 3.74. The number of nitrogens with zero attached hydrogens (tertiary/aromatic N) is 1. The van der Waals surface area contributed by atoms with Crippen molar-refractivity contribution in [3.63, 3.8) is 0 Å². The Hall–Kier alpha value is -1.18. The van der Waals surface area contributed by atoms with E-state index in [9.17, 15) is 14.9 Å². The Labute approximate surface area is 140 Å². The Bertz CT molecular complexity index is 664. The largest absolute Gasteiger partial charge is 0.535 e. The van der Waals surface area contributed by atoms with Crippen molar-refractivity contribution in [1.29, 1.82) is 0 Å². The van der Waals surface area contributed by atoms with E-state index in [4.69, 9.17) is 4.65 Å². The summed E-state index contributed by atoms with van der Waals surface area (Å²) in [5.41, 5.74) is 1.16. The molecule has 3 atom stereocenters. The molecule has 1 aromatic rings. The molecule has 2 fully saturated rings. The molecule has 3 aliphatic rings. The Morgan fingerprint density at radius 3 is 2.87 bits per heavy atom. The first-order chi connectivity index (χ1) is 11.0. The van der Waals surface area contributed by atoms with Crippen molar-refractivity contribution in [2.45, 2.75) is 35.2 Å². The maximum Gasteiger partial charge on any atom is 0.526 e. The first-order valence-electron chi connectivity index (χ1n) is 8.05. The summed E-state index contributed by atoms with van der Waals surface area (Å²) < 4.78 is 5.57. The van der Waals surface area contributed by atoms with E-state index in [1.165, 1.54) is 0 Å². The summed E-state index contributed by atoms with van der Waals surface area (Å²) in [5, 5.41) is 20.0. The van der Waals surface area contributed by atoms with Gasteiger partial charge in [0.15, 0.2) is 0 Å². The molecule has 1 saturated carbocycles. The van der Waals surface area contributed by atoms with Gasteiger partial charge in [0.25, 0.3) is 0 Å². The van der Waals surface area contributed by atoms with Gasteiger partial charge in [-0.25, -0.2) is 4.79 Å². The van der Waals surface area contributed by atoms with E-state index in [0.29, 0.717) is 16.9 Å². The molecule has 122 valence electrons. The summed E-state index contributed by atoms with van der Waals surface area (Å²) in [7, 11) is 1.22. The summed E-state index contributed by atoms with van der Waals surface area (Å²) in [6, 6.07) is 3.91. The number of likely N-dealkylation sites (tertiary alicyclic amines) is 1. The molecule has 2 N–H and O–H groups in total. The molecule has 1 aromatic carbocycles. The van der Waals surface area contributed by atoms with E-state index in [1.807, 2.05) is 12.1 Å². The SMILES string of the molecule is C[C@H](Sc1ccc2c(c1C(=O)O)OB(O)[C@@H]1C[C@H]21)C1CN(C)C1. The van der Waals surface area contributed by atoms with Crippen molar-refractivity contribution >= 4 is 24.8 Å². The summed E-state index contributed by atoms with van der Waals surface area (Å²) >= 11 is 1.60. The zero-order chi connectivity index (χ0) is 16.3.